The van der Waals surface area contributed by atoms with Gasteiger partial charge in [0, 0.05) is 127 Å². The van der Waals surface area contributed by atoms with Gasteiger partial charge in [0.05, 0.1) is 64.8 Å². The molecule has 0 saturated carbocycles. The second-order valence-corrected chi connectivity index (χ2v) is 41.6. The Kier molecular flexibility index (Phi) is 23.0. The average molecular weight is 1950 g/mol. The van der Waals surface area contributed by atoms with Crippen LogP contribution in [0.15, 0.2) is 479 Å². The van der Waals surface area contributed by atoms with E-state index in [0.29, 0.717) is 17.5 Å². The van der Waals surface area contributed by atoms with E-state index in [1.165, 1.54) is 102 Å². The van der Waals surface area contributed by atoms with Crippen LogP contribution in [0.2, 0.25) is 0 Å². The SMILES string of the molecule is c1ccc(-c2ccc(-c3cc(-c4cccc5sc6cccc(-c7nc8ccccc8s7)c6c45)nc(-c4cccc(-c5ccccc5)c4)n3)cc2)cc1.c1ccc(-c2ccc(-c3cc(-c4cccc5sc6cccc(-c7nc8ccccc8s7)c6c45)nc(-c4ccccc4)n3)cc2)cc1.c1ccc(-c2cccc(-c3cc(-c4cccc5sc6cccc(-c7nc8ccccc8s7)c6c45)nc(-c4ccccc4)n3)c2)cc1. The van der Waals surface area contributed by atoms with Crippen molar-refractivity contribution in [3.05, 3.63) is 479 Å². The van der Waals surface area contributed by atoms with Gasteiger partial charge in [-0.1, -0.05) is 376 Å². The van der Waals surface area contributed by atoms with E-state index < -0.39 is 0 Å². The summed E-state index contributed by atoms with van der Waals surface area (Å²) in [4.78, 5) is 46.5. The maximum Gasteiger partial charge on any atom is 0.160 e. The third-order valence-corrected chi connectivity index (χ3v) is 32.8. The summed E-state index contributed by atoms with van der Waals surface area (Å²) in [5, 5.41) is 10.4. The van der Waals surface area contributed by atoms with Crippen LogP contribution in [-0.2, 0) is 0 Å². The van der Waals surface area contributed by atoms with Crippen molar-refractivity contribution in [2.24, 2.45) is 0 Å². The van der Waals surface area contributed by atoms with Gasteiger partial charge in [0.2, 0.25) is 0 Å². The number of hydrogen-bond acceptors (Lipinski definition) is 15. The first-order chi connectivity index (χ1) is 71.3. The van der Waals surface area contributed by atoms with Gasteiger partial charge in [-0.25, -0.2) is 44.9 Å². The minimum absolute atomic E-state index is 0.695. The Morgan fingerprint density at radius 1 is 0.118 bits per heavy atom. The number of thiazole rings is 3. The van der Waals surface area contributed by atoms with Crippen molar-refractivity contribution in [3.8, 4) is 178 Å². The lowest BCUT2D eigenvalue weighted by Gasteiger charge is -2.12. The molecule has 0 aliphatic heterocycles. The number of aromatic nitrogens is 9. The van der Waals surface area contributed by atoms with Crippen molar-refractivity contribution in [2.45, 2.75) is 0 Å². The molecule has 0 aliphatic rings. The lowest BCUT2D eigenvalue weighted by Crippen LogP contribution is -1.96. The molecule has 9 nitrogen and oxygen atoms in total. The number of rotatable bonds is 16. The van der Waals surface area contributed by atoms with Gasteiger partial charge in [0.25, 0.3) is 0 Å². The average Bonchev–Trinajstić information content (AvgIpc) is 1.59. The number of thiophene rings is 3. The number of hydrogen-bond donors (Lipinski definition) is 0. The first-order valence-corrected chi connectivity index (χ1v) is 52.6. The number of benzene rings is 19. The van der Waals surface area contributed by atoms with Gasteiger partial charge in [-0.05, 0) is 148 Å². The number of nitrogens with zero attached hydrogens (tertiary/aromatic N) is 9. The Hall–Kier alpha value is -17.3. The molecule has 0 saturated heterocycles. The molecule has 0 atom stereocenters. The molecule has 9 aromatic heterocycles. The summed E-state index contributed by atoms with van der Waals surface area (Å²) in [6, 6.07) is 168. The summed E-state index contributed by atoms with van der Waals surface area (Å²) < 4.78 is 11.0. The highest BCUT2D eigenvalue weighted by Gasteiger charge is 2.26. The van der Waals surface area contributed by atoms with Crippen LogP contribution in [0.1, 0.15) is 0 Å². The van der Waals surface area contributed by atoms with Crippen LogP contribution in [-0.4, -0.2) is 44.9 Å². The Morgan fingerprint density at radius 2 is 0.326 bits per heavy atom. The highest BCUT2D eigenvalue weighted by atomic mass is 32.1. The molecule has 676 valence electrons. The highest BCUT2D eigenvalue weighted by Crippen LogP contribution is 2.51. The minimum atomic E-state index is 0.695. The fourth-order valence-corrected chi connectivity index (χ4v) is 25.8. The molecule has 0 aliphatic carbocycles. The molecule has 15 heteroatoms. The molecule has 0 bridgehead atoms. The molecule has 0 amide bonds. The second kappa shape index (κ2) is 38.1. The molecule has 0 N–H and O–H groups in total. The Balaban J connectivity index is 0.000000110. The lowest BCUT2D eigenvalue weighted by atomic mass is 9.98. The predicted molar refractivity (Wildman–Crippen MR) is 611 cm³/mol. The standard InChI is InChI=1S/C47H29N3S2.2C41H25N3S2/c1-3-12-30(13-4-1)32-24-26-33(27-25-32)39-29-40(49-46(48-39)35-17-9-16-34(28-35)31-14-5-2-6-15-31)36-18-10-22-42-44(36)45-37(19-11-23-43(45)51-42)47-50-38-20-7-8-21-41(38)52-47;1-3-12-26(13-4-1)28-16-9-17-29(24-28)33-25-34(43-40(42-33)27-14-5-2-6-15-27)30-18-10-22-36-38(30)39-31(19-11-23-37(39)45-36)41-44-32-20-7-8-21-35(32)46-41;1-3-11-26(12-4-1)27-21-23-28(24-22-27)33-25-34(43-40(42-33)29-13-5-2-6-14-29)30-15-9-19-36-38(30)39-31(16-10-20-37(39)45-36)41-44-32-17-7-8-18-35(32)46-41/h1-29H;2*1-25H. The molecule has 9 heterocycles. The third-order valence-electron chi connectivity index (χ3n) is 26.3. The van der Waals surface area contributed by atoms with Crippen LogP contribution in [0.4, 0.5) is 0 Å². The van der Waals surface area contributed by atoms with Crippen molar-refractivity contribution in [1.29, 1.82) is 0 Å². The van der Waals surface area contributed by atoms with Crippen LogP contribution in [0, 0.1) is 0 Å². The molecular formula is C129H79N9S6. The van der Waals surface area contributed by atoms with Gasteiger partial charge < -0.3 is 0 Å². The van der Waals surface area contributed by atoms with E-state index in [1.807, 2.05) is 94.7 Å². The van der Waals surface area contributed by atoms with Crippen LogP contribution in [0.25, 0.3) is 269 Å². The zero-order chi connectivity index (χ0) is 95.3. The summed E-state index contributed by atoms with van der Waals surface area (Å²) in [5.74, 6) is 2.12. The number of fused-ring (bicyclic) bond motifs is 12. The molecule has 144 heavy (non-hydrogen) atoms. The van der Waals surface area contributed by atoms with Crippen molar-refractivity contribution in [3.63, 3.8) is 0 Å². The first-order valence-electron chi connectivity index (χ1n) is 47.7. The van der Waals surface area contributed by atoms with Crippen molar-refractivity contribution >= 4 is 159 Å². The van der Waals surface area contributed by atoms with Crippen LogP contribution < -0.4 is 0 Å². The van der Waals surface area contributed by atoms with E-state index in [9.17, 15) is 0 Å². The van der Waals surface area contributed by atoms with Crippen LogP contribution >= 0.6 is 68.0 Å². The van der Waals surface area contributed by atoms with Gasteiger partial charge in [0.15, 0.2) is 17.5 Å². The zero-order valence-electron chi connectivity index (χ0n) is 77.1. The van der Waals surface area contributed by atoms with E-state index in [1.54, 1.807) is 34.0 Å². The largest absolute Gasteiger partial charge is 0.236 e. The number of para-hydroxylation sites is 3. The van der Waals surface area contributed by atoms with Crippen molar-refractivity contribution < 1.29 is 0 Å². The van der Waals surface area contributed by atoms with Crippen molar-refractivity contribution in [2.75, 3.05) is 0 Å². The second-order valence-electron chi connectivity index (χ2n) is 35.2. The molecule has 0 radical (unpaired) electrons. The normalized spacial score (nSPS) is 11.5. The van der Waals surface area contributed by atoms with E-state index in [-0.39, 0.29) is 0 Å². The van der Waals surface area contributed by atoms with Crippen molar-refractivity contribution in [1.82, 2.24) is 44.9 Å². The molecule has 0 fully saturated rings. The lowest BCUT2D eigenvalue weighted by molar-refractivity contribution is 1.18. The van der Waals surface area contributed by atoms with Crippen LogP contribution in [0.5, 0.6) is 0 Å². The van der Waals surface area contributed by atoms with Crippen LogP contribution in [0.3, 0.4) is 0 Å². The first kappa shape index (κ1) is 87.0. The van der Waals surface area contributed by atoms with E-state index in [0.717, 1.165) is 149 Å². The summed E-state index contributed by atoms with van der Waals surface area (Å²) in [6.45, 7) is 0. The fraction of sp³-hybridized carbons (Fsp3) is 0. The minimum Gasteiger partial charge on any atom is -0.236 e. The van der Waals surface area contributed by atoms with Gasteiger partial charge in [-0.3, -0.25) is 0 Å². The summed E-state index contributed by atoms with van der Waals surface area (Å²) >= 11 is 10.7. The van der Waals surface area contributed by atoms with E-state index in [2.05, 4.69) is 419 Å². The van der Waals surface area contributed by atoms with E-state index >= 15 is 0 Å². The Labute approximate surface area is 853 Å². The zero-order valence-corrected chi connectivity index (χ0v) is 82.0. The smallest absolute Gasteiger partial charge is 0.160 e. The van der Waals surface area contributed by atoms with E-state index in [4.69, 9.17) is 44.9 Å². The molecule has 28 aromatic rings. The summed E-state index contributed by atoms with van der Waals surface area (Å²) in [5.41, 5.74) is 30.7. The monoisotopic (exact) mass is 1950 g/mol. The predicted octanol–water partition coefficient (Wildman–Crippen LogP) is 37.0. The quantitative estimate of drug-likeness (QED) is 0.0932. The fourth-order valence-electron chi connectivity index (χ4n) is 19.4. The summed E-state index contributed by atoms with van der Waals surface area (Å²) in [6.07, 6.45) is 0. The summed E-state index contributed by atoms with van der Waals surface area (Å²) in [7, 11) is 0. The highest BCUT2D eigenvalue weighted by molar-refractivity contribution is 7.27. The Morgan fingerprint density at radius 3 is 0.646 bits per heavy atom. The molecule has 19 aromatic carbocycles. The van der Waals surface area contributed by atoms with Gasteiger partial charge in [-0.2, -0.15) is 0 Å². The molecular weight excluding hydrogens is 1870 g/mol. The Bertz CT molecular complexity index is 9610. The topological polar surface area (TPSA) is 116 Å². The third kappa shape index (κ3) is 16.9. The maximum atomic E-state index is 5.35. The van der Waals surface area contributed by atoms with Gasteiger partial charge in [-0.15, -0.1) is 68.0 Å². The molecule has 0 unspecified atom stereocenters. The maximum absolute atomic E-state index is 5.35. The molecule has 28 rings (SSSR count). The van der Waals surface area contributed by atoms with Gasteiger partial charge >= 0.3 is 0 Å². The molecule has 0 spiro atoms. The van der Waals surface area contributed by atoms with Gasteiger partial charge in [0.1, 0.15) is 15.0 Å².